The van der Waals surface area contributed by atoms with Gasteiger partial charge in [-0.1, -0.05) is 33.8 Å². The third kappa shape index (κ3) is 0.844. The van der Waals surface area contributed by atoms with Crippen molar-refractivity contribution < 1.29 is 0 Å². The minimum Gasteiger partial charge on any atom is -0.264 e. The van der Waals surface area contributed by atoms with Crippen LogP contribution in [0.15, 0.2) is 24.5 Å². The van der Waals surface area contributed by atoms with Gasteiger partial charge in [-0.15, -0.1) is 11.6 Å². The van der Waals surface area contributed by atoms with E-state index in [1.54, 1.807) is 6.20 Å². The predicted molar refractivity (Wildman–Crippen MR) is 59.3 cm³/mol. The Balaban J connectivity index is 2.48. The number of alkyl halides is 1. The molecule has 0 aliphatic heterocycles. The zero-order chi connectivity index (χ0) is 10.6. The summed E-state index contributed by atoms with van der Waals surface area (Å²) in [6.45, 7) is 8.86. The van der Waals surface area contributed by atoms with Crippen LogP contribution in [0.25, 0.3) is 0 Å². The molecule has 1 aliphatic carbocycles. The molecule has 2 rings (SSSR count). The van der Waals surface area contributed by atoms with Gasteiger partial charge in [0, 0.05) is 12.4 Å². The van der Waals surface area contributed by atoms with Crippen molar-refractivity contribution in [3.8, 4) is 0 Å². The lowest BCUT2D eigenvalue weighted by atomic mass is 10.0. The van der Waals surface area contributed by atoms with E-state index >= 15 is 0 Å². The fraction of sp³-hybridized carbons (Fsp3) is 0.583. The first-order chi connectivity index (χ1) is 6.36. The molecule has 0 spiro atoms. The van der Waals surface area contributed by atoms with Crippen LogP contribution >= 0.6 is 11.6 Å². The number of hydrogen-bond acceptors (Lipinski definition) is 1. The second kappa shape index (κ2) is 2.52. The third-order valence-corrected chi connectivity index (χ3v) is 5.44. The van der Waals surface area contributed by atoms with Gasteiger partial charge in [-0.2, -0.15) is 0 Å². The van der Waals surface area contributed by atoms with Gasteiger partial charge in [0.25, 0.3) is 0 Å². The fourth-order valence-corrected chi connectivity index (χ4v) is 3.07. The Bertz CT molecular complexity index is 340. The first-order valence-corrected chi connectivity index (χ1v) is 5.33. The first-order valence-electron chi connectivity index (χ1n) is 4.95. The molecule has 76 valence electrons. The number of hydrogen-bond donors (Lipinski definition) is 0. The van der Waals surface area contributed by atoms with Crippen molar-refractivity contribution in [3.05, 3.63) is 30.1 Å². The molecule has 2 heteroatoms. The van der Waals surface area contributed by atoms with E-state index < -0.39 is 0 Å². The summed E-state index contributed by atoms with van der Waals surface area (Å²) in [6, 6.07) is 4.01. The molecular weight excluding hydrogens is 194 g/mol. The van der Waals surface area contributed by atoms with Crippen molar-refractivity contribution in [2.24, 2.45) is 10.8 Å². The minimum atomic E-state index is -0.256. The van der Waals surface area contributed by atoms with Crippen LogP contribution in [0.4, 0.5) is 0 Å². The second-order valence-corrected chi connectivity index (χ2v) is 5.72. The minimum absolute atomic E-state index is 0.130. The topological polar surface area (TPSA) is 12.9 Å². The number of nitrogens with zero attached hydrogens (tertiary/aromatic N) is 1. The highest BCUT2D eigenvalue weighted by Crippen LogP contribution is 2.80. The van der Waals surface area contributed by atoms with Gasteiger partial charge < -0.3 is 0 Å². The van der Waals surface area contributed by atoms with E-state index in [0.29, 0.717) is 0 Å². The molecule has 0 saturated heterocycles. The molecule has 1 aliphatic rings. The molecule has 14 heavy (non-hydrogen) atoms. The molecular formula is C12H16ClN. The van der Waals surface area contributed by atoms with Gasteiger partial charge in [0.15, 0.2) is 0 Å². The van der Waals surface area contributed by atoms with Crippen LogP contribution in [0, 0.1) is 10.8 Å². The van der Waals surface area contributed by atoms with Gasteiger partial charge in [0.05, 0.1) is 4.87 Å². The molecule has 1 fully saturated rings. The summed E-state index contributed by atoms with van der Waals surface area (Å²) in [5.41, 5.74) is 1.39. The van der Waals surface area contributed by atoms with Crippen LogP contribution in [-0.4, -0.2) is 4.98 Å². The van der Waals surface area contributed by atoms with Gasteiger partial charge in [-0.05, 0) is 22.5 Å². The van der Waals surface area contributed by atoms with Crippen LogP contribution in [0.5, 0.6) is 0 Å². The zero-order valence-corrected chi connectivity index (χ0v) is 9.89. The molecule has 1 saturated carbocycles. The standard InChI is InChI=1S/C12H16ClN/c1-10(2)11(3,4)12(10,13)9-6-5-7-14-8-9/h5-8H,1-4H3. The maximum absolute atomic E-state index is 6.71. The number of pyridine rings is 1. The highest BCUT2D eigenvalue weighted by Gasteiger charge is 2.77. The number of rotatable bonds is 1. The van der Waals surface area contributed by atoms with Crippen molar-refractivity contribution in [1.82, 2.24) is 4.98 Å². The van der Waals surface area contributed by atoms with E-state index in [1.165, 1.54) is 0 Å². The number of aromatic nitrogens is 1. The average molecular weight is 210 g/mol. The molecule has 1 nitrogen and oxygen atoms in total. The smallest absolute Gasteiger partial charge is 0.0822 e. The molecule has 1 heterocycles. The summed E-state index contributed by atoms with van der Waals surface area (Å²) < 4.78 is 0. The molecule has 0 aromatic carbocycles. The van der Waals surface area contributed by atoms with E-state index in [-0.39, 0.29) is 15.7 Å². The highest BCUT2D eigenvalue weighted by atomic mass is 35.5. The summed E-state index contributed by atoms with van der Waals surface area (Å²) >= 11 is 6.71. The Labute approximate surface area is 90.5 Å². The lowest BCUT2D eigenvalue weighted by Gasteiger charge is -2.12. The van der Waals surface area contributed by atoms with Crippen LogP contribution in [0.1, 0.15) is 33.3 Å². The normalized spacial score (nSPS) is 25.8. The van der Waals surface area contributed by atoms with Gasteiger partial charge in [-0.3, -0.25) is 4.98 Å². The molecule has 0 bridgehead atoms. The van der Waals surface area contributed by atoms with Crippen LogP contribution in [0.3, 0.4) is 0 Å². The summed E-state index contributed by atoms with van der Waals surface area (Å²) in [4.78, 5) is 3.88. The fourth-order valence-electron chi connectivity index (χ4n) is 2.53. The molecule has 0 N–H and O–H groups in total. The molecule has 1 aromatic heterocycles. The second-order valence-electron chi connectivity index (χ2n) is 5.15. The first kappa shape index (κ1) is 9.97. The molecule has 0 amide bonds. The molecule has 1 aromatic rings. The summed E-state index contributed by atoms with van der Waals surface area (Å²) in [5.74, 6) is 0. The van der Waals surface area contributed by atoms with Crippen molar-refractivity contribution >= 4 is 11.6 Å². The SMILES string of the molecule is CC1(C)C(C)(C)C1(Cl)c1cccnc1. The highest BCUT2D eigenvalue weighted by molar-refractivity contribution is 6.27. The van der Waals surface area contributed by atoms with E-state index in [9.17, 15) is 0 Å². The van der Waals surface area contributed by atoms with Gasteiger partial charge in [-0.25, -0.2) is 0 Å². The lowest BCUT2D eigenvalue weighted by molar-refractivity contribution is 0.457. The Morgan fingerprint density at radius 1 is 1.14 bits per heavy atom. The summed E-state index contributed by atoms with van der Waals surface area (Å²) in [7, 11) is 0. The Kier molecular flexibility index (Phi) is 1.79. The Morgan fingerprint density at radius 2 is 1.71 bits per heavy atom. The zero-order valence-electron chi connectivity index (χ0n) is 9.13. The lowest BCUT2D eigenvalue weighted by Crippen LogP contribution is -2.07. The van der Waals surface area contributed by atoms with Crippen LogP contribution in [-0.2, 0) is 4.87 Å². The Hall–Kier alpha value is -0.560. The van der Waals surface area contributed by atoms with E-state index in [4.69, 9.17) is 11.6 Å². The third-order valence-electron chi connectivity index (χ3n) is 4.28. The molecule has 0 unspecified atom stereocenters. The average Bonchev–Trinajstić information content (AvgIpc) is 2.47. The summed E-state index contributed by atoms with van der Waals surface area (Å²) in [6.07, 6.45) is 3.66. The summed E-state index contributed by atoms with van der Waals surface area (Å²) in [5, 5.41) is 0. The monoisotopic (exact) mass is 209 g/mol. The van der Waals surface area contributed by atoms with Crippen molar-refractivity contribution in [1.29, 1.82) is 0 Å². The van der Waals surface area contributed by atoms with E-state index in [0.717, 1.165) is 5.56 Å². The molecule has 0 atom stereocenters. The number of halogens is 1. The van der Waals surface area contributed by atoms with Gasteiger partial charge in [0.2, 0.25) is 0 Å². The van der Waals surface area contributed by atoms with Crippen LogP contribution < -0.4 is 0 Å². The molecule has 0 radical (unpaired) electrons. The predicted octanol–water partition coefficient (Wildman–Crippen LogP) is 3.58. The van der Waals surface area contributed by atoms with E-state index in [2.05, 4.69) is 38.7 Å². The van der Waals surface area contributed by atoms with Crippen molar-refractivity contribution in [3.63, 3.8) is 0 Å². The maximum Gasteiger partial charge on any atom is 0.0822 e. The van der Waals surface area contributed by atoms with Gasteiger partial charge in [0.1, 0.15) is 0 Å². The quantitative estimate of drug-likeness (QED) is 0.645. The largest absolute Gasteiger partial charge is 0.264 e. The Morgan fingerprint density at radius 3 is 2.07 bits per heavy atom. The van der Waals surface area contributed by atoms with Crippen molar-refractivity contribution in [2.45, 2.75) is 32.6 Å². The van der Waals surface area contributed by atoms with E-state index in [1.807, 2.05) is 12.3 Å². The van der Waals surface area contributed by atoms with Crippen LogP contribution in [0.2, 0.25) is 0 Å². The van der Waals surface area contributed by atoms with Gasteiger partial charge >= 0.3 is 0 Å². The van der Waals surface area contributed by atoms with Crippen molar-refractivity contribution in [2.75, 3.05) is 0 Å². The maximum atomic E-state index is 6.71.